The fraction of sp³-hybridized carbons (Fsp3) is 0.467. The molecule has 0 saturated heterocycles. The molecule has 0 heterocycles. The Morgan fingerprint density at radius 2 is 2.10 bits per heavy atom. The monoisotopic (exact) mass is 312 g/mol. The van der Waals surface area contributed by atoms with Crippen molar-refractivity contribution in [3.05, 3.63) is 28.8 Å². The zero-order valence-corrected chi connectivity index (χ0v) is 13.4. The number of ether oxygens (including phenoxy) is 1. The largest absolute Gasteiger partial charge is 0.385 e. The second kappa shape index (κ2) is 8.64. The number of rotatable bonds is 7. The number of hydrogen-bond acceptors (Lipinski definition) is 3. The van der Waals surface area contributed by atoms with Crippen LogP contribution in [0.2, 0.25) is 5.02 Å². The molecule has 0 fully saturated rings. The molecular formula is C15H21ClN2O3. The molecule has 5 nitrogen and oxygen atoms in total. The van der Waals surface area contributed by atoms with E-state index in [2.05, 4.69) is 5.32 Å². The SMILES string of the molecule is COCCCNC(=O)CN(C(C)=O)c1cccc(Cl)c1C. The van der Waals surface area contributed by atoms with Crippen LogP contribution >= 0.6 is 11.6 Å². The zero-order chi connectivity index (χ0) is 15.8. The first-order valence-electron chi connectivity index (χ1n) is 6.76. The Hall–Kier alpha value is -1.59. The first-order chi connectivity index (χ1) is 9.97. The number of carbonyl (C=O) groups is 2. The van der Waals surface area contributed by atoms with Crippen molar-refractivity contribution in [2.75, 3.05) is 31.7 Å². The molecule has 0 radical (unpaired) electrons. The Kier molecular flexibility index (Phi) is 7.19. The summed E-state index contributed by atoms with van der Waals surface area (Å²) in [5.74, 6) is -0.409. The highest BCUT2D eigenvalue weighted by atomic mass is 35.5. The van der Waals surface area contributed by atoms with Crippen molar-refractivity contribution in [1.29, 1.82) is 0 Å². The Bertz CT molecular complexity index is 506. The van der Waals surface area contributed by atoms with Gasteiger partial charge in [0, 0.05) is 37.9 Å². The van der Waals surface area contributed by atoms with Gasteiger partial charge in [-0.1, -0.05) is 17.7 Å². The number of amides is 2. The Morgan fingerprint density at radius 1 is 1.38 bits per heavy atom. The van der Waals surface area contributed by atoms with Crippen molar-refractivity contribution in [2.45, 2.75) is 20.3 Å². The maximum atomic E-state index is 11.9. The highest BCUT2D eigenvalue weighted by molar-refractivity contribution is 6.31. The summed E-state index contributed by atoms with van der Waals surface area (Å²) in [7, 11) is 1.61. The predicted octanol–water partition coefficient (Wildman–Crippen LogP) is 2.15. The van der Waals surface area contributed by atoms with E-state index in [1.165, 1.54) is 11.8 Å². The number of nitrogens with one attached hydrogen (secondary N) is 1. The molecule has 0 aliphatic heterocycles. The lowest BCUT2D eigenvalue weighted by atomic mass is 10.1. The van der Waals surface area contributed by atoms with Gasteiger partial charge >= 0.3 is 0 Å². The lowest BCUT2D eigenvalue weighted by molar-refractivity contribution is -0.123. The quantitative estimate of drug-likeness (QED) is 0.785. The van der Waals surface area contributed by atoms with E-state index < -0.39 is 0 Å². The number of halogens is 1. The van der Waals surface area contributed by atoms with Crippen LogP contribution in [0.25, 0.3) is 0 Å². The highest BCUT2D eigenvalue weighted by Gasteiger charge is 2.18. The van der Waals surface area contributed by atoms with Crippen molar-refractivity contribution >= 4 is 29.1 Å². The molecule has 0 bridgehead atoms. The van der Waals surface area contributed by atoms with Gasteiger partial charge in [-0.3, -0.25) is 9.59 Å². The van der Waals surface area contributed by atoms with Crippen molar-refractivity contribution in [3.63, 3.8) is 0 Å². The van der Waals surface area contributed by atoms with Crippen LogP contribution in [0.3, 0.4) is 0 Å². The lowest BCUT2D eigenvalue weighted by Crippen LogP contribution is -2.40. The third-order valence-corrected chi connectivity index (χ3v) is 3.47. The van der Waals surface area contributed by atoms with Crippen LogP contribution in [0.1, 0.15) is 18.9 Å². The average molecular weight is 313 g/mol. The van der Waals surface area contributed by atoms with E-state index in [4.69, 9.17) is 16.3 Å². The maximum absolute atomic E-state index is 11.9. The van der Waals surface area contributed by atoms with E-state index >= 15 is 0 Å². The topological polar surface area (TPSA) is 58.6 Å². The van der Waals surface area contributed by atoms with Gasteiger partial charge in [0.15, 0.2) is 0 Å². The van der Waals surface area contributed by atoms with Gasteiger partial charge in [0.2, 0.25) is 11.8 Å². The molecule has 21 heavy (non-hydrogen) atoms. The molecule has 0 unspecified atom stereocenters. The van der Waals surface area contributed by atoms with Gasteiger partial charge in [-0.05, 0) is 31.0 Å². The molecule has 2 amide bonds. The molecule has 0 spiro atoms. The van der Waals surface area contributed by atoms with E-state index in [0.29, 0.717) is 23.9 Å². The molecule has 1 aromatic carbocycles. The van der Waals surface area contributed by atoms with Crippen LogP contribution in [-0.4, -0.2) is 38.6 Å². The van der Waals surface area contributed by atoms with Gasteiger partial charge < -0.3 is 15.0 Å². The number of carbonyl (C=O) groups excluding carboxylic acids is 2. The summed E-state index contributed by atoms with van der Waals surface area (Å²) in [5.41, 5.74) is 1.43. The van der Waals surface area contributed by atoms with Gasteiger partial charge in [0.05, 0.1) is 0 Å². The molecule has 0 atom stereocenters. The fourth-order valence-corrected chi connectivity index (χ4v) is 2.07. The molecule has 0 aliphatic carbocycles. The van der Waals surface area contributed by atoms with Crippen molar-refractivity contribution in [3.8, 4) is 0 Å². The molecule has 1 aromatic rings. The summed E-state index contributed by atoms with van der Waals surface area (Å²) in [6.07, 6.45) is 0.735. The van der Waals surface area contributed by atoms with Crippen LogP contribution in [0, 0.1) is 6.92 Å². The Balaban J connectivity index is 2.72. The van der Waals surface area contributed by atoms with E-state index in [-0.39, 0.29) is 18.4 Å². The third-order valence-electron chi connectivity index (χ3n) is 3.06. The van der Waals surface area contributed by atoms with Gasteiger partial charge in [-0.25, -0.2) is 0 Å². The summed E-state index contributed by atoms with van der Waals surface area (Å²) < 4.78 is 4.91. The van der Waals surface area contributed by atoms with E-state index in [0.717, 1.165) is 12.0 Å². The number of hydrogen-bond donors (Lipinski definition) is 1. The van der Waals surface area contributed by atoms with Gasteiger partial charge in [0.25, 0.3) is 0 Å². The Morgan fingerprint density at radius 3 is 2.71 bits per heavy atom. The summed E-state index contributed by atoms with van der Waals surface area (Å²) in [4.78, 5) is 25.1. The second-order valence-corrected chi connectivity index (χ2v) is 5.09. The maximum Gasteiger partial charge on any atom is 0.240 e. The highest BCUT2D eigenvalue weighted by Crippen LogP contribution is 2.26. The van der Waals surface area contributed by atoms with Gasteiger partial charge in [0.1, 0.15) is 6.54 Å². The number of anilines is 1. The number of nitrogens with zero attached hydrogens (tertiary/aromatic N) is 1. The molecule has 0 saturated carbocycles. The summed E-state index contributed by atoms with van der Waals surface area (Å²) in [5, 5.41) is 3.33. The number of benzene rings is 1. The van der Waals surface area contributed by atoms with Crippen molar-refractivity contribution in [1.82, 2.24) is 5.32 Å². The summed E-state index contributed by atoms with van der Waals surface area (Å²) in [6.45, 7) is 4.34. The molecule has 1 N–H and O–H groups in total. The normalized spacial score (nSPS) is 10.3. The zero-order valence-electron chi connectivity index (χ0n) is 12.6. The van der Waals surface area contributed by atoms with Gasteiger partial charge in [-0.15, -0.1) is 0 Å². The van der Waals surface area contributed by atoms with E-state index in [9.17, 15) is 9.59 Å². The number of methoxy groups -OCH3 is 1. The van der Waals surface area contributed by atoms with Crippen molar-refractivity contribution < 1.29 is 14.3 Å². The molecule has 1 rings (SSSR count). The second-order valence-electron chi connectivity index (χ2n) is 4.69. The molecule has 6 heteroatoms. The van der Waals surface area contributed by atoms with Crippen molar-refractivity contribution in [2.24, 2.45) is 0 Å². The van der Waals surface area contributed by atoms with Crippen LogP contribution in [0.15, 0.2) is 18.2 Å². The summed E-state index contributed by atoms with van der Waals surface area (Å²) in [6, 6.07) is 5.29. The molecule has 0 aromatic heterocycles. The standard InChI is InChI=1S/C15H21ClN2O3/c1-11-13(16)6-4-7-14(11)18(12(2)19)10-15(20)17-8-5-9-21-3/h4,6-7H,5,8-10H2,1-3H3,(H,17,20). The predicted molar refractivity (Wildman–Crippen MR) is 83.7 cm³/mol. The van der Waals surface area contributed by atoms with Crippen LogP contribution < -0.4 is 10.2 Å². The average Bonchev–Trinajstić information content (AvgIpc) is 2.44. The van der Waals surface area contributed by atoms with Crippen LogP contribution in [0.5, 0.6) is 0 Å². The molecular weight excluding hydrogens is 292 g/mol. The minimum Gasteiger partial charge on any atom is -0.385 e. The smallest absolute Gasteiger partial charge is 0.240 e. The van der Waals surface area contributed by atoms with E-state index in [1.807, 2.05) is 6.92 Å². The minimum atomic E-state index is -0.208. The minimum absolute atomic E-state index is 0.0243. The van der Waals surface area contributed by atoms with Gasteiger partial charge in [-0.2, -0.15) is 0 Å². The lowest BCUT2D eigenvalue weighted by Gasteiger charge is -2.23. The summed E-state index contributed by atoms with van der Waals surface area (Å²) >= 11 is 6.07. The fourth-order valence-electron chi connectivity index (χ4n) is 1.90. The third kappa shape index (κ3) is 5.36. The van der Waals surface area contributed by atoms with Crippen LogP contribution in [0.4, 0.5) is 5.69 Å². The first-order valence-corrected chi connectivity index (χ1v) is 7.14. The first kappa shape index (κ1) is 17.5. The Labute approximate surface area is 130 Å². The van der Waals surface area contributed by atoms with Crippen LogP contribution in [-0.2, 0) is 14.3 Å². The van der Waals surface area contributed by atoms with E-state index in [1.54, 1.807) is 25.3 Å². The molecule has 116 valence electrons. The molecule has 0 aliphatic rings.